The molecule has 1 aliphatic carbocycles. The fraction of sp³-hybridized carbons (Fsp3) is 0.346. The van der Waals surface area contributed by atoms with Gasteiger partial charge in [0.25, 0.3) is 5.91 Å². The largest absolute Gasteiger partial charge is 0.391 e. The summed E-state index contributed by atoms with van der Waals surface area (Å²) >= 11 is 0. The van der Waals surface area contributed by atoms with Crippen molar-refractivity contribution >= 4 is 45.6 Å². The summed E-state index contributed by atoms with van der Waals surface area (Å²) in [5.74, 6) is -1.56. The Morgan fingerprint density at radius 3 is 2.62 bits per heavy atom. The number of nitrogens with one attached hydrogen (secondary N) is 2. The van der Waals surface area contributed by atoms with E-state index in [0.717, 1.165) is 0 Å². The zero-order chi connectivity index (χ0) is 27.3. The number of nitrogens with zero attached hydrogens (tertiary/aromatic N) is 6. The van der Waals surface area contributed by atoms with E-state index in [0.29, 0.717) is 28.3 Å². The minimum atomic E-state index is -4.24. The van der Waals surface area contributed by atoms with Crippen LogP contribution in [0.3, 0.4) is 0 Å². The third kappa shape index (κ3) is 4.51. The Bertz CT molecular complexity index is 1520. The van der Waals surface area contributed by atoms with Crippen LogP contribution in [0.5, 0.6) is 0 Å². The SMILES string of the molecule is C[C@@H]1C(=O)N(c2cccnc2)c2cnc(Nc3cc(F)c4[nH]ncc4c3)nc2N1[C@H]1CC[C@@H](C(F)(F)F)CC1. The lowest BCUT2D eigenvalue weighted by Gasteiger charge is -2.46. The summed E-state index contributed by atoms with van der Waals surface area (Å²) in [7, 11) is 0. The van der Waals surface area contributed by atoms with Crippen LogP contribution in [0.25, 0.3) is 10.9 Å². The first-order valence-electron chi connectivity index (χ1n) is 12.6. The van der Waals surface area contributed by atoms with Crippen LogP contribution in [0.2, 0.25) is 0 Å². The summed E-state index contributed by atoms with van der Waals surface area (Å²) in [6.45, 7) is 1.72. The third-order valence-electron chi connectivity index (χ3n) is 7.44. The molecule has 2 N–H and O–H groups in total. The van der Waals surface area contributed by atoms with E-state index in [1.165, 1.54) is 23.4 Å². The molecule has 6 rings (SSSR count). The van der Waals surface area contributed by atoms with E-state index in [1.807, 2.05) is 4.90 Å². The molecule has 0 saturated heterocycles. The lowest BCUT2D eigenvalue weighted by atomic mass is 9.84. The molecule has 202 valence electrons. The number of carbonyl (C=O) groups is 1. The normalized spacial score (nSPS) is 21.8. The highest BCUT2D eigenvalue weighted by molar-refractivity contribution is 6.09. The number of anilines is 5. The predicted molar refractivity (Wildman–Crippen MR) is 136 cm³/mol. The maximum Gasteiger partial charge on any atom is 0.391 e. The van der Waals surface area contributed by atoms with Crippen LogP contribution in [-0.4, -0.2) is 49.3 Å². The first kappa shape index (κ1) is 25.0. The van der Waals surface area contributed by atoms with E-state index in [9.17, 15) is 22.4 Å². The van der Waals surface area contributed by atoms with Gasteiger partial charge in [-0.1, -0.05) is 0 Å². The molecule has 0 bridgehead atoms. The van der Waals surface area contributed by atoms with Gasteiger partial charge < -0.3 is 10.2 Å². The highest BCUT2D eigenvalue weighted by atomic mass is 19.4. The molecule has 9 nitrogen and oxygen atoms in total. The van der Waals surface area contributed by atoms with Gasteiger partial charge in [0.2, 0.25) is 5.95 Å². The van der Waals surface area contributed by atoms with E-state index in [1.54, 1.807) is 37.5 Å². The van der Waals surface area contributed by atoms with Crippen LogP contribution in [0.4, 0.5) is 46.4 Å². The molecule has 1 fully saturated rings. The van der Waals surface area contributed by atoms with Gasteiger partial charge in [0.15, 0.2) is 11.6 Å². The van der Waals surface area contributed by atoms with Crippen LogP contribution in [0.15, 0.2) is 49.1 Å². The number of carbonyl (C=O) groups excluding carboxylic acids is 1. The number of H-pyrrole nitrogens is 1. The molecule has 4 heterocycles. The lowest BCUT2D eigenvalue weighted by Crippen LogP contribution is -2.55. The van der Waals surface area contributed by atoms with Crippen molar-refractivity contribution in [2.75, 3.05) is 15.1 Å². The Hall–Kier alpha value is -4.29. The third-order valence-corrected chi connectivity index (χ3v) is 7.44. The van der Waals surface area contributed by atoms with Crippen LogP contribution < -0.4 is 15.1 Å². The molecule has 1 amide bonds. The number of hydrogen-bond donors (Lipinski definition) is 2. The van der Waals surface area contributed by atoms with Crippen molar-refractivity contribution in [2.24, 2.45) is 5.92 Å². The van der Waals surface area contributed by atoms with Gasteiger partial charge in [-0.05, 0) is 56.9 Å². The number of aromatic nitrogens is 5. The monoisotopic (exact) mass is 540 g/mol. The van der Waals surface area contributed by atoms with E-state index >= 15 is 0 Å². The molecule has 0 spiro atoms. The fourth-order valence-electron chi connectivity index (χ4n) is 5.52. The Kier molecular flexibility index (Phi) is 6.07. The topological polar surface area (TPSA) is 103 Å². The Labute approximate surface area is 220 Å². The Balaban J connectivity index is 1.39. The molecule has 0 unspecified atom stereocenters. The predicted octanol–water partition coefficient (Wildman–Crippen LogP) is 5.62. The first-order valence-corrected chi connectivity index (χ1v) is 12.6. The number of fused-ring (bicyclic) bond motifs is 2. The highest BCUT2D eigenvalue weighted by Gasteiger charge is 2.46. The number of aromatic amines is 1. The van der Waals surface area contributed by atoms with Gasteiger partial charge in [-0.25, -0.2) is 9.37 Å². The molecule has 1 atom stereocenters. The zero-order valence-electron chi connectivity index (χ0n) is 20.8. The van der Waals surface area contributed by atoms with Crippen LogP contribution in [-0.2, 0) is 4.79 Å². The Morgan fingerprint density at radius 2 is 1.90 bits per heavy atom. The van der Waals surface area contributed by atoms with Gasteiger partial charge in [-0.3, -0.25) is 19.8 Å². The van der Waals surface area contributed by atoms with Crippen molar-refractivity contribution in [1.82, 2.24) is 25.1 Å². The number of alkyl halides is 3. The molecule has 2 aliphatic rings. The molecule has 1 aromatic carbocycles. The van der Waals surface area contributed by atoms with Crippen molar-refractivity contribution in [3.05, 3.63) is 54.9 Å². The second-order valence-electron chi connectivity index (χ2n) is 9.83. The average molecular weight is 541 g/mol. The standard InChI is InChI=1S/C26H24F4N8O/c1-14-24(39)38(19-3-2-8-31-12-19)21-13-32-25(34-17-9-15-11-33-36-22(15)20(27)10-17)35-23(21)37(14)18-6-4-16(5-7-18)26(28,29)30/h2-3,8-14,16,18H,4-7H2,1H3,(H,33,36)(H,32,34,35)/t14-,16-,18+/m1/s1. The van der Waals surface area contributed by atoms with Crippen molar-refractivity contribution in [3.8, 4) is 0 Å². The quantitative estimate of drug-likeness (QED) is 0.324. The summed E-state index contributed by atoms with van der Waals surface area (Å²) in [4.78, 5) is 30.1. The summed E-state index contributed by atoms with van der Waals surface area (Å²) < 4.78 is 54.6. The maximum absolute atomic E-state index is 14.5. The average Bonchev–Trinajstić information content (AvgIpc) is 3.39. The number of amides is 1. The number of benzene rings is 1. The Morgan fingerprint density at radius 1 is 1.10 bits per heavy atom. The van der Waals surface area contributed by atoms with E-state index < -0.39 is 24.0 Å². The van der Waals surface area contributed by atoms with Gasteiger partial charge >= 0.3 is 6.18 Å². The van der Waals surface area contributed by atoms with Gasteiger partial charge in [0, 0.05) is 23.3 Å². The fourth-order valence-corrected chi connectivity index (χ4v) is 5.52. The molecule has 1 saturated carbocycles. The second kappa shape index (κ2) is 9.47. The van der Waals surface area contributed by atoms with Crippen molar-refractivity contribution in [1.29, 1.82) is 0 Å². The first-order chi connectivity index (χ1) is 18.7. The van der Waals surface area contributed by atoms with Gasteiger partial charge in [-0.15, -0.1) is 0 Å². The van der Waals surface area contributed by atoms with Gasteiger partial charge in [0.1, 0.15) is 17.2 Å². The highest BCUT2D eigenvalue weighted by Crippen LogP contribution is 2.45. The molecule has 3 aromatic heterocycles. The number of hydrogen-bond acceptors (Lipinski definition) is 7. The van der Waals surface area contributed by atoms with Crippen LogP contribution >= 0.6 is 0 Å². The molecule has 0 radical (unpaired) electrons. The number of rotatable bonds is 4. The molecule has 13 heteroatoms. The van der Waals surface area contributed by atoms with Crippen molar-refractivity contribution in [2.45, 2.75) is 50.9 Å². The zero-order valence-corrected chi connectivity index (χ0v) is 20.8. The molecule has 39 heavy (non-hydrogen) atoms. The molecular formula is C26H24F4N8O. The van der Waals surface area contributed by atoms with E-state index in [4.69, 9.17) is 4.98 Å². The van der Waals surface area contributed by atoms with E-state index in [2.05, 4.69) is 25.5 Å². The maximum atomic E-state index is 14.5. The summed E-state index contributed by atoms with van der Waals surface area (Å²) in [6, 6.07) is 5.39. The van der Waals surface area contributed by atoms with Crippen molar-refractivity contribution < 1.29 is 22.4 Å². The summed E-state index contributed by atoms with van der Waals surface area (Å²) in [5, 5.41) is 10.0. The summed E-state index contributed by atoms with van der Waals surface area (Å²) in [6.07, 6.45) is 2.38. The summed E-state index contributed by atoms with van der Waals surface area (Å²) in [5.41, 5.74) is 1.58. The minimum Gasteiger partial charge on any atom is -0.340 e. The van der Waals surface area contributed by atoms with Crippen LogP contribution in [0.1, 0.15) is 32.6 Å². The molecular weight excluding hydrogens is 516 g/mol. The number of halogens is 4. The van der Waals surface area contributed by atoms with Gasteiger partial charge in [-0.2, -0.15) is 23.3 Å². The van der Waals surface area contributed by atoms with Crippen LogP contribution in [0, 0.1) is 11.7 Å². The molecule has 4 aromatic rings. The number of pyridine rings is 1. The van der Waals surface area contributed by atoms with E-state index in [-0.39, 0.29) is 49.1 Å². The smallest absolute Gasteiger partial charge is 0.340 e. The second-order valence-corrected chi connectivity index (χ2v) is 9.83. The minimum absolute atomic E-state index is 0.0204. The lowest BCUT2D eigenvalue weighted by molar-refractivity contribution is -0.182. The van der Waals surface area contributed by atoms with Gasteiger partial charge in [0.05, 0.1) is 30.2 Å². The molecule has 1 aliphatic heterocycles. The van der Waals surface area contributed by atoms with Crippen molar-refractivity contribution in [3.63, 3.8) is 0 Å².